The second-order valence-corrected chi connectivity index (χ2v) is 7.51. The van der Waals surface area contributed by atoms with Crippen LogP contribution in [0, 0.1) is 0 Å². The van der Waals surface area contributed by atoms with Crippen LogP contribution in [0.5, 0.6) is 0 Å². The van der Waals surface area contributed by atoms with E-state index in [1.807, 2.05) is 30.3 Å². The van der Waals surface area contributed by atoms with E-state index in [4.69, 9.17) is 0 Å². The number of rotatable bonds is 3. The molecule has 0 aromatic heterocycles. The summed E-state index contributed by atoms with van der Waals surface area (Å²) < 4.78 is 27.1. The van der Waals surface area contributed by atoms with E-state index in [0.717, 1.165) is 36.7 Å². The fourth-order valence-electron chi connectivity index (χ4n) is 2.86. The van der Waals surface area contributed by atoms with Crippen molar-refractivity contribution in [2.45, 2.75) is 23.8 Å². The average Bonchev–Trinajstić information content (AvgIpc) is 2.54. The lowest BCUT2D eigenvalue weighted by Crippen LogP contribution is -2.43. The molecule has 0 radical (unpaired) electrons. The summed E-state index contributed by atoms with van der Waals surface area (Å²) in [4.78, 5) is 0.377. The first-order valence-electron chi connectivity index (χ1n) is 7.26. The Hall–Kier alpha value is -1.14. The number of nitrogens with zero attached hydrogens (tertiary/aromatic N) is 1. The van der Waals surface area contributed by atoms with Crippen LogP contribution >= 0.6 is 12.4 Å². The number of hydrogen-bond acceptors (Lipinski definition) is 3. The van der Waals surface area contributed by atoms with Crippen LogP contribution in [0.3, 0.4) is 0 Å². The van der Waals surface area contributed by atoms with Crippen molar-refractivity contribution in [2.24, 2.45) is 0 Å². The van der Waals surface area contributed by atoms with Gasteiger partial charge in [0.1, 0.15) is 0 Å². The Balaban J connectivity index is 0.00000176. The maximum absolute atomic E-state index is 12.8. The monoisotopic (exact) mass is 340 g/mol. The highest BCUT2D eigenvalue weighted by atomic mass is 35.5. The SMILES string of the molecule is CN(C1CCNCC1)S(=O)(=O)c1ccc2ccccc2c1.Cl. The smallest absolute Gasteiger partial charge is 0.243 e. The van der Waals surface area contributed by atoms with Gasteiger partial charge in [-0.2, -0.15) is 4.31 Å². The van der Waals surface area contributed by atoms with Crippen molar-refractivity contribution in [3.05, 3.63) is 42.5 Å². The Morgan fingerprint density at radius 3 is 2.36 bits per heavy atom. The number of sulfonamides is 1. The van der Waals surface area contributed by atoms with E-state index >= 15 is 0 Å². The molecule has 2 aromatic carbocycles. The predicted octanol–water partition coefficient (Wildman–Crippen LogP) is 2.63. The summed E-state index contributed by atoms with van der Waals surface area (Å²) in [7, 11) is -1.73. The van der Waals surface area contributed by atoms with E-state index in [9.17, 15) is 8.42 Å². The predicted molar refractivity (Wildman–Crippen MR) is 92.0 cm³/mol. The number of fused-ring (bicyclic) bond motifs is 1. The van der Waals surface area contributed by atoms with Crippen molar-refractivity contribution in [3.63, 3.8) is 0 Å². The van der Waals surface area contributed by atoms with E-state index in [2.05, 4.69) is 5.32 Å². The number of halogens is 1. The number of nitrogens with one attached hydrogen (secondary N) is 1. The van der Waals surface area contributed by atoms with Crippen molar-refractivity contribution >= 4 is 33.2 Å². The van der Waals surface area contributed by atoms with Gasteiger partial charge < -0.3 is 5.32 Å². The molecule has 0 amide bonds. The number of benzene rings is 2. The highest BCUT2D eigenvalue weighted by Gasteiger charge is 2.28. The molecule has 1 N–H and O–H groups in total. The Labute approximate surface area is 138 Å². The van der Waals surface area contributed by atoms with Gasteiger partial charge >= 0.3 is 0 Å². The lowest BCUT2D eigenvalue weighted by Gasteiger charge is -2.30. The third-order valence-electron chi connectivity index (χ3n) is 4.22. The van der Waals surface area contributed by atoms with Crippen LogP contribution in [0.2, 0.25) is 0 Å². The molecule has 0 atom stereocenters. The molecule has 2 aromatic rings. The van der Waals surface area contributed by atoms with Crippen molar-refractivity contribution in [1.29, 1.82) is 0 Å². The standard InChI is InChI=1S/C16H20N2O2S.ClH/c1-18(15-8-10-17-11-9-15)21(19,20)16-7-6-13-4-2-3-5-14(13)12-16;/h2-7,12,15,17H,8-11H2,1H3;1H. The molecule has 1 aliphatic heterocycles. The molecule has 0 aliphatic carbocycles. The van der Waals surface area contributed by atoms with Gasteiger partial charge in [0.05, 0.1) is 4.90 Å². The summed E-state index contributed by atoms with van der Waals surface area (Å²) in [5, 5.41) is 5.28. The van der Waals surface area contributed by atoms with Crippen molar-refractivity contribution in [3.8, 4) is 0 Å². The minimum Gasteiger partial charge on any atom is -0.317 e. The molecule has 4 nitrogen and oxygen atoms in total. The molecule has 0 spiro atoms. The highest BCUT2D eigenvalue weighted by Crippen LogP contribution is 2.24. The Morgan fingerprint density at radius 2 is 1.68 bits per heavy atom. The first-order valence-corrected chi connectivity index (χ1v) is 8.70. The molecule has 1 heterocycles. The summed E-state index contributed by atoms with van der Waals surface area (Å²) in [6.45, 7) is 1.75. The van der Waals surface area contributed by atoms with Gasteiger partial charge in [-0.15, -0.1) is 12.4 Å². The van der Waals surface area contributed by atoms with Crippen LogP contribution in [0.15, 0.2) is 47.4 Å². The van der Waals surface area contributed by atoms with Gasteiger partial charge in [0.15, 0.2) is 0 Å². The fraction of sp³-hybridized carbons (Fsp3) is 0.375. The van der Waals surface area contributed by atoms with E-state index in [-0.39, 0.29) is 18.4 Å². The summed E-state index contributed by atoms with van der Waals surface area (Å²) in [6.07, 6.45) is 1.73. The molecular weight excluding hydrogens is 320 g/mol. The topological polar surface area (TPSA) is 49.4 Å². The molecule has 0 bridgehead atoms. The second kappa shape index (κ2) is 6.96. The zero-order chi connectivity index (χ0) is 14.9. The van der Waals surface area contributed by atoms with E-state index < -0.39 is 10.0 Å². The van der Waals surface area contributed by atoms with Gasteiger partial charge in [-0.25, -0.2) is 8.42 Å². The van der Waals surface area contributed by atoms with Crippen LogP contribution < -0.4 is 5.32 Å². The van der Waals surface area contributed by atoms with E-state index in [1.54, 1.807) is 19.2 Å². The van der Waals surface area contributed by atoms with Crippen LogP contribution in [-0.2, 0) is 10.0 Å². The van der Waals surface area contributed by atoms with Crippen LogP contribution in [0.1, 0.15) is 12.8 Å². The summed E-state index contributed by atoms with van der Waals surface area (Å²) in [5.41, 5.74) is 0. The number of hydrogen-bond donors (Lipinski definition) is 1. The van der Waals surface area contributed by atoms with Crippen molar-refractivity contribution in [1.82, 2.24) is 9.62 Å². The molecule has 6 heteroatoms. The van der Waals surface area contributed by atoms with Gasteiger partial charge in [-0.1, -0.05) is 30.3 Å². The van der Waals surface area contributed by atoms with Gasteiger partial charge in [-0.3, -0.25) is 0 Å². The minimum atomic E-state index is -3.42. The summed E-state index contributed by atoms with van der Waals surface area (Å²) >= 11 is 0. The summed E-state index contributed by atoms with van der Waals surface area (Å²) in [6, 6.07) is 13.2. The maximum atomic E-state index is 12.8. The molecule has 0 unspecified atom stereocenters. The molecule has 1 fully saturated rings. The molecule has 22 heavy (non-hydrogen) atoms. The molecule has 1 aliphatic rings. The first-order chi connectivity index (χ1) is 10.1. The third kappa shape index (κ3) is 3.27. The fourth-order valence-corrected chi connectivity index (χ4v) is 4.31. The zero-order valence-electron chi connectivity index (χ0n) is 12.5. The van der Waals surface area contributed by atoms with Crippen LogP contribution in [0.4, 0.5) is 0 Å². The normalized spacial score (nSPS) is 16.6. The number of piperidine rings is 1. The van der Waals surface area contributed by atoms with Gasteiger partial charge in [0, 0.05) is 13.1 Å². The van der Waals surface area contributed by atoms with Crippen molar-refractivity contribution < 1.29 is 8.42 Å². The minimum absolute atomic E-state index is 0. The van der Waals surface area contributed by atoms with Gasteiger partial charge in [-0.05, 0) is 48.8 Å². The highest BCUT2D eigenvalue weighted by molar-refractivity contribution is 7.89. The Bertz CT molecular complexity index is 743. The Morgan fingerprint density at radius 1 is 1.05 bits per heavy atom. The molecule has 1 saturated heterocycles. The van der Waals surface area contributed by atoms with E-state index in [1.165, 1.54) is 4.31 Å². The maximum Gasteiger partial charge on any atom is 0.243 e. The average molecular weight is 341 g/mol. The Kier molecular flexibility index (Phi) is 5.45. The largest absolute Gasteiger partial charge is 0.317 e. The molecule has 3 rings (SSSR count). The molecule has 0 saturated carbocycles. The third-order valence-corrected chi connectivity index (χ3v) is 6.13. The van der Waals surface area contributed by atoms with Crippen LogP contribution in [0.25, 0.3) is 10.8 Å². The van der Waals surface area contributed by atoms with E-state index in [0.29, 0.717) is 4.90 Å². The summed E-state index contributed by atoms with van der Waals surface area (Å²) in [5.74, 6) is 0. The van der Waals surface area contributed by atoms with Gasteiger partial charge in [0.25, 0.3) is 0 Å². The zero-order valence-corrected chi connectivity index (χ0v) is 14.2. The van der Waals surface area contributed by atoms with Crippen molar-refractivity contribution in [2.75, 3.05) is 20.1 Å². The second-order valence-electron chi connectivity index (χ2n) is 5.51. The first kappa shape index (κ1) is 17.2. The molecular formula is C16H21ClN2O2S. The van der Waals surface area contributed by atoms with Crippen LogP contribution in [-0.4, -0.2) is 38.9 Å². The molecule has 120 valence electrons. The lowest BCUT2D eigenvalue weighted by atomic mass is 10.1. The quantitative estimate of drug-likeness (QED) is 0.934. The van der Waals surface area contributed by atoms with Gasteiger partial charge in [0.2, 0.25) is 10.0 Å². The lowest BCUT2D eigenvalue weighted by molar-refractivity contribution is 0.296.